The van der Waals surface area contributed by atoms with Crippen LogP contribution in [0.4, 0.5) is 0 Å². The molecule has 0 radical (unpaired) electrons. The topological polar surface area (TPSA) is 66.0 Å². The third-order valence-corrected chi connectivity index (χ3v) is 3.62. The minimum atomic E-state index is 0.328. The third kappa shape index (κ3) is 3.14. The molecule has 1 aromatic heterocycles. The van der Waals surface area contributed by atoms with Crippen molar-refractivity contribution in [3.63, 3.8) is 0 Å². The fraction of sp³-hybridized carbons (Fsp3) is 0.333. The van der Waals surface area contributed by atoms with Gasteiger partial charge in [0, 0.05) is 28.7 Å². The van der Waals surface area contributed by atoms with Gasteiger partial charge >= 0.3 is 0 Å². The van der Waals surface area contributed by atoms with Crippen LogP contribution in [0.15, 0.2) is 22.7 Å². The number of benzene rings is 1. The van der Waals surface area contributed by atoms with Crippen LogP contribution in [0.3, 0.4) is 0 Å². The van der Waals surface area contributed by atoms with Crippen molar-refractivity contribution in [2.45, 2.75) is 13.1 Å². The molecule has 0 saturated heterocycles. The summed E-state index contributed by atoms with van der Waals surface area (Å²) in [6.07, 6.45) is 0. The molecule has 1 heterocycles. The second kappa shape index (κ2) is 6.47. The Kier molecular flexibility index (Phi) is 4.93. The van der Waals surface area contributed by atoms with Crippen molar-refractivity contribution in [1.82, 2.24) is 14.8 Å². The number of hydrogen-bond acceptors (Lipinski definition) is 4. The number of nitrogens with two attached hydrogens (primary N) is 1. The summed E-state index contributed by atoms with van der Waals surface area (Å²) in [7, 11) is 1.65. The molecule has 2 aromatic rings. The van der Waals surface area contributed by atoms with Crippen molar-refractivity contribution in [2.24, 2.45) is 5.73 Å². The Labute approximate surface area is 124 Å². The lowest BCUT2D eigenvalue weighted by Gasteiger charge is -2.10. The summed E-state index contributed by atoms with van der Waals surface area (Å²) < 4.78 is 7.96. The van der Waals surface area contributed by atoms with Gasteiger partial charge in [-0.1, -0.05) is 27.5 Å². The van der Waals surface area contributed by atoms with Crippen molar-refractivity contribution in [1.29, 1.82) is 0 Å². The van der Waals surface area contributed by atoms with Crippen molar-refractivity contribution in [3.05, 3.63) is 33.5 Å². The Morgan fingerprint density at radius 3 is 2.89 bits per heavy atom. The van der Waals surface area contributed by atoms with E-state index in [4.69, 9.17) is 22.1 Å². The number of methoxy groups -OCH3 is 1. The van der Waals surface area contributed by atoms with Crippen molar-refractivity contribution in [2.75, 3.05) is 13.7 Å². The van der Waals surface area contributed by atoms with Gasteiger partial charge in [0.25, 0.3) is 0 Å². The lowest BCUT2D eigenvalue weighted by molar-refractivity contribution is 0.186. The van der Waals surface area contributed by atoms with Gasteiger partial charge in [-0.25, -0.2) is 0 Å². The largest absolute Gasteiger partial charge is 0.383 e. The molecule has 19 heavy (non-hydrogen) atoms. The molecule has 0 amide bonds. The average Bonchev–Trinajstić information content (AvgIpc) is 2.81. The Hall–Kier alpha value is -0.950. The van der Waals surface area contributed by atoms with Gasteiger partial charge in [0.1, 0.15) is 5.82 Å². The van der Waals surface area contributed by atoms with E-state index in [0.717, 1.165) is 21.7 Å². The highest BCUT2D eigenvalue weighted by Crippen LogP contribution is 2.30. The number of nitrogens with zero attached hydrogens (tertiary/aromatic N) is 3. The number of aromatic nitrogens is 3. The Morgan fingerprint density at radius 1 is 1.42 bits per heavy atom. The lowest BCUT2D eigenvalue weighted by atomic mass is 10.2. The van der Waals surface area contributed by atoms with E-state index < -0.39 is 0 Å². The Bertz CT molecular complexity index is 573. The quantitative estimate of drug-likeness (QED) is 0.904. The second-order valence-corrected chi connectivity index (χ2v) is 5.20. The standard InChI is InChI=1S/C12H14BrClN4O/c1-19-5-4-18-11(7-15)16-17-12(18)9-6-8(14)2-3-10(9)13/h2-3,6H,4-5,7,15H2,1H3. The fourth-order valence-electron chi connectivity index (χ4n) is 1.77. The van der Waals surface area contributed by atoms with Crippen LogP contribution in [0.1, 0.15) is 5.82 Å². The molecule has 2 N–H and O–H groups in total. The number of ether oxygens (including phenoxy) is 1. The van der Waals surface area contributed by atoms with E-state index in [9.17, 15) is 0 Å². The Balaban J connectivity index is 2.49. The SMILES string of the molecule is COCCn1c(CN)nnc1-c1cc(Cl)ccc1Br. The van der Waals surface area contributed by atoms with Gasteiger partial charge < -0.3 is 15.0 Å². The maximum absolute atomic E-state index is 6.04. The molecule has 0 atom stereocenters. The van der Waals surface area contributed by atoms with E-state index in [1.54, 1.807) is 7.11 Å². The molecule has 0 saturated carbocycles. The molecule has 0 bridgehead atoms. The molecular weight excluding hydrogens is 332 g/mol. The van der Waals surface area contributed by atoms with E-state index >= 15 is 0 Å². The molecule has 102 valence electrons. The minimum Gasteiger partial charge on any atom is -0.383 e. The Morgan fingerprint density at radius 2 is 2.21 bits per heavy atom. The first-order chi connectivity index (χ1) is 9.17. The molecule has 0 unspecified atom stereocenters. The number of hydrogen-bond donors (Lipinski definition) is 1. The molecule has 0 aliphatic carbocycles. The highest BCUT2D eigenvalue weighted by molar-refractivity contribution is 9.10. The molecule has 0 aliphatic rings. The normalized spacial score (nSPS) is 10.9. The third-order valence-electron chi connectivity index (χ3n) is 2.70. The summed E-state index contributed by atoms with van der Waals surface area (Å²) in [5, 5.41) is 8.95. The molecule has 5 nitrogen and oxygen atoms in total. The molecule has 1 aromatic carbocycles. The van der Waals surface area contributed by atoms with Gasteiger partial charge in [0.2, 0.25) is 0 Å². The molecule has 0 aliphatic heterocycles. The van der Waals surface area contributed by atoms with Crippen LogP contribution >= 0.6 is 27.5 Å². The lowest BCUT2D eigenvalue weighted by Crippen LogP contribution is -2.12. The van der Waals surface area contributed by atoms with Crippen LogP contribution in [0, 0.1) is 0 Å². The summed E-state index contributed by atoms with van der Waals surface area (Å²) in [4.78, 5) is 0. The van der Waals surface area contributed by atoms with Crippen LogP contribution in [-0.2, 0) is 17.8 Å². The van der Waals surface area contributed by atoms with Gasteiger partial charge in [-0.15, -0.1) is 10.2 Å². The monoisotopic (exact) mass is 344 g/mol. The van der Waals surface area contributed by atoms with E-state index in [2.05, 4.69) is 26.1 Å². The first-order valence-electron chi connectivity index (χ1n) is 5.74. The second-order valence-electron chi connectivity index (χ2n) is 3.91. The number of rotatable bonds is 5. The maximum Gasteiger partial charge on any atom is 0.165 e. The minimum absolute atomic E-state index is 0.328. The van der Waals surface area contributed by atoms with E-state index in [1.165, 1.54) is 0 Å². The predicted octanol–water partition coefficient (Wildman–Crippen LogP) is 2.47. The highest BCUT2D eigenvalue weighted by atomic mass is 79.9. The first kappa shape index (κ1) is 14.5. The first-order valence-corrected chi connectivity index (χ1v) is 6.91. The van der Waals surface area contributed by atoms with Gasteiger partial charge in [-0.05, 0) is 18.2 Å². The zero-order chi connectivity index (χ0) is 13.8. The smallest absolute Gasteiger partial charge is 0.165 e. The fourth-order valence-corrected chi connectivity index (χ4v) is 2.37. The van der Waals surface area contributed by atoms with Gasteiger partial charge in [-0.3, -0.25) is 0 Å². The predicted molar refractivity (Wildman–Crippen MR) is 77.9 cm³/mol. The summed E-state index contributed by atoms with van der Waals surface area (Å²) in [5.74, 6) is 1.45. The summed E-state index contributed by atoms with van der Waals surface area (Å²) in [6.45, 7) is 1.54. The van der Waals surface area contributed by atoms with Crippen LogP contribution in [0.2, 0.25) is 5.02 Å². The van der Waals surface area contributed by atoms with Gasteiger partial charge in [0.05, 0.1) is 13.2 Å². The van der Waals surface area contributed by atoms with E-state index in [0.29, 0.717) is 24.7 Å². The van der Waals surface area contributed by atoms with Crippen LogP contribution < -0.4 is 5.73 Å². The summed E-state index contributed by atoms with van der Waals surface area (Å²) in [5.41, 5.74) is 6.56. The van der Waals surface area contributed by atoms with Gasteiger partial charge in [-0.2, -0.15) is 0 Å². The van der Waals surface area contributed by atoms with Crippen LogP contribution in [0.5, 0.6) is 0 Å². The molecule has 7 heteroatoms. The maximum atomic E-state index is 6.04. The number of halogens is 2. The highest BCUT2D eigenvalue weighted by Gasteiger charge is 2.15. The molecule has 0 fully saturated rings. The zero-order valence-corrected chi connectivity index (χ0v) is 12.8. The molecule has 0 spiro atoms. The average molecular weight is 346 g/mol. The summed E-state index contributed by atoms with van der Waals surface area (Å²) in [6, 6.07) is 5.54. The molecule has 2 rings (SSSR count). The zero-order valence-electron chi connectivity index (χ0n) is 10.4. The molecular formula is C12H14BrClN4O. The van der Waals surface area contributed by atoms with E-state index in [1.807, 2.05) is 22.8 Å². The van der Waals surface area contributed by atoms with Gasteiger partial charge in [0.15, 0.2) is 5.82 Å². The van der Waals surface area contributed by atoms with Crippen molar-refractivity contribution < 1.29 is 4.74 Å². The summed E-state index contributed by atoms with van der Waals surface area (Å²) >= 11 is 9.53. The van der Waals surface area contributed by atoms with Crippen LogP contribution in [0.25, 0.3) is 11.4 Å². The van der Waals surface area contributed by atoms with Crippen molar-refractivity contribution in [3.8, 4) is 11.4 Å². The van der Waals surface area contributed by atoms with Crippen LogP contribution in [-0.4, -0.2) is 28.5 Å². The van der Waals surface area contributed by atoms with Crippen molar-refractivity contribution >= 4 is 27.5 Å². The van der Waals surface area contributed by atoms with E-state index in [-0.39, 0.29) is 0 Å².